The fraction of sp³-hybridized carbons (Fsp3) is 0.705. The normalized spacial score (nSPS) is 33.3. The Morgan fingerprint density at radius 1 is 0.429 bits per heavy atom. The van der Waals surface area contributed by atoms with Gasteiger partial charge in [-0.15, -0.1) is 0 Å². The molecule has 38 nitrogen and oxygen atoms in total. The van der Waals surface area contributed by atoms with Gasteiger partial charge in [0.1, 0.15) is 35.0 Å². The van der Waals surface area contributed by atoms with Gasteiger partial charge < -0.3 is 97.7 Å². The first-order valence-corrected chi connectivity index (χ1v) is 44.0. The van der Waals surface area contributed by atoms with Crippen LogP contribution in [0.15, 0.2) is 73.6 Å². The van der Waals surface area contributed by atoms with Gasteiger partial charge in [0.25, 0.3) is 0 Å². The molecule has 0 aromatic rings. The van der Waals surface area contributed by atoms with Crippen LogP contribution in [0.4, 0.5) is 0 Å². The highest BCUT2D eigenvalue weighted by molar-refractivity contribution is 6.04. The van der Waals surface area contributed by atoms with Crippen LogP contribution in [0.5, 0.6) is 0 Å². The number of aliphatic carboxylic acids is 5. The number of nitrogens with two attached hydrogens (primary N) is 2. The zero-order valence-corrected chi connectivity index (χ0v) is 74.1. The van der Waals surface area contributed by atoms with E-state index in [2.05, 4.69) is 55.7 Å². The highest BCUT2D eigenvalue weighted by atomic mass is 16.4. The van der Waals surface area contributed by atoms with Crippen LogP contribution in [0, 0.1) is 88.3 Å². The molecule has 17 N–H and O–H groups in total. The van der Waals surface area contributed by atoms with E-state index in [1.165, 1.54) is 31.4 Å². The number of fused-ring (bicyclic) bond motifs is 5. The van der Waals surface area contributed by atoms with Crippen molar-refractivity contribution in [2.45, 2.75) is 210 Å². The summed E-state index contributed by atoms with van der Waals surface area (Å²) < 4.78 is 0. The molecule has 15 aliphatic heterocycles. The maximum Gasteiger partial charge on any atom is 0.352 e. The number of carboxylic acids is 5. The monoisotopic (exact) mass is 1770 g/mol. The first-order valence-electron chi connectivity index (χ1n) is 44.0. The number of β-lactam (4-membered cyclic amide) rings is 5. The van der Waals surface area contributed by atoms with E-state index in [-0.39, 0.29) is 161 Å². The number of hydrogen-bond donors (Lipinski definition) is 15. The topological polar surface area (TPSA) is 552 Å². The van der Waals surface area contributed by atoms with Crippen LogP contribution in [-0.4, -0.2) is 354 Å². The summed E-state index contributed by atoms with van der Waals surface area (Å²) in [6.45, 7) is 39.6. The highest BCUT2D eigenvalue weighted by Crippen LogP contribution is 2.53. The third kappa shape index (κ3) is 19.3. The van der Waals surface area contributed by atoms with Crippen molar-refractivity contribution in [1.29, 1.82) is 5.41 Å². The Morgan fingerprint density at radius 2 is 0.698 bits per heavy atom. The quantitative estimate of drug-likeness (QED) is 0.0317. The van der Waals surface area contributed by atoms with Crippen molar-refractivity contribution in [3.8, 4) is 0 Å². The molecule has 0 bridgehead atoms. The number of amides is 7. The molecule has 10 fully saturated rings. The Kier molecular flexibility index (Phi) is 31.1. The van der Waals surface area contributed by atoms with Gasteiger partial charge in [0.15, 0.2) is 0 Å². The van der Waals surface area contributed by atoms with Gasteiger partial charge in [0, 0.05) is 113 Å². The van der Waals surface area contributed by atoms with Gasteiger partial charge in [-0.3, -0.25) is 68.5 Å². The van der Waals surface area contributed by atoms with E-state index < -0.39 is 90.0 Å². The maximum atomic E-state index is 12.4. The lowest BCUT2D eigenvalue weighted by Crippen LogP contribution is -2.63. The molecule has 0 aromatic carbocycles. The molecule has 126 heavy (non-hydrogen) atoms. The molecule has 0 spiro atoms. The van der Waals surface area contributed by atoms with E-state index in [0.29, 0.717) is 106 Å². The lowest BCUT2D eigenvalue weighted by atomic mass is 9.77. The van der Waals surface area contributed by atoms with E-state index in [0.717, 1.165) is 88.1 Å². The fourth-order valence-corrected chi connectivity index (χ4v) is 22.4. The predicted molar refractivity (Wildman–Crippen MR) is 459 cm³/mol. The molecular weight excluding hydrogens is 1630 g/mol. The number of aliphatic hydroxyl groups excluding tert-OH is 5. The highest BCUT2D eigenvalue weighted by Gasteiger charge is 2.65. The third-order valence-electron chi connectivity index (χ3n) is 28.6. The van der Waals surface area contributed by atoms with Gasteiger partial charge in [0.05, 0.1) is 108 Å². The Hall–Kier alpha value is -9.38. The summed E-state index contributed by atoms with van der Waals surface area (Å²) >= 11 is 0. The second-order valence-electron chi connectivity index (χ2n) is 37.8. The number of aliphatic hydroxyl groups is 5. The molecule has 15 heterocycles. The van der Waals surface area contributed by atoms with E-state index in [1.54, 1.807) is 41.5 Å². The average molecular weight is 1770 g/mol. The summed E-state index contributed by atoms with van der Waals surface area (Å²) in [5, 5.41) is 110. The number of carboxylic acid groups (broad SMARTS) is 5. The number of nitrogens with zero attached hydrogens (tertiary/aromatic N) is 11. The Morgan fingerprint density at radius 3 is 0.960 bits per heavy atom. The summed E-state index contributed by atoms with van der Waals surface area (Å²) in [7, 11) is 0. The molecule has 15 rings (SSSR count). The summed E-state index contributed by atoms with van der Waals surface area (Å²) in [6.07, 6.45) is 1.59. The summed E-state index contributed by atoms with van der Waals surface area (Å²) in [6, 6.07) is -1.30. The van der Waals surface area contributed by atoms with Crippen molar-refractivity contribution in [2.75, 3.05) is 105 Å². The predicted octanol–water partition coefficient (Wildman–Crippen LogP) is 0.420. The number of allylic oxidation sites excluding steroid dienone is 1. The van der Waals surface area contributed by atoms with E-state index >= 15 is 0 Å². The van der Waals surface area contributed by atoms with Crippen LogP contribution in [0.2, 0.25) is 0 Å². The lowest BCUT2D eigenvalue weighted by Gasteiger charge is -2.46. The molecule has 0 saturated carbocycles. The number of carbonyl (C=O) groups is 12. The lowest BCUT2D eigenvalue weighted by molar-refractivity contribution is -0.163. The second kappa shape index (κ2) is 39.7. The van der Waals surface area contributed by atoms with Gasteiger partial charge in [-0.05, 0) is 159 Å². The molecule has 0 aliphatic carbocycles. The van der Waals surface area contributed by atoms with Crippen molar-refractivity contribution in [2.24, 2.45) is 99.3 Å². The van der Waals surface area contributed by atoms with Crippen LogP contribution in [-0.2, 0) is 57.5 Å². The zero-order valence-electron chi connectivity index (χ0n) is 74.1. The minimum absolute atomic E-state index is 0. The Labute approximate surface area is 735 Å². The van der Waals surface area contributed by atoms with Crippen LogP contribution >= 0.6 is 0 Å². The Balaban J connectivity index is 0.000000165. The first kappa shape index (κ1) is 98.8. The van der Waals surface area contributed by atoms with Crippen LogP contribution in [0.3, 0.4) is 0 Å². The minimum atomic E-state index is -1.13. The molecular formula is C88H134N16O22. The van der Waals surface area contributed by atoms with Crippen LogP contribution in [0.1, 0.15) is 143 Å². The number of rotatable bonds is 26. The summed E-state index contributed by atoms with van der Waals surface area (Å²) in [4.78, 5) is 166. The standard InChI is InChI=1S/C19H29N5O5.C18H26N4O5.C18H27N3O4.2C16H24N2O4.CH4/c1-9-13(17(19(28)29)24-16(9)15(10(2)25)18(24)27)8-23-5-4-12(7-23)22-14(26)6-21-11(3)20;1-8-12(7-21-5-4-11(6-21)16(24)20-10(3)19)15(18(26)27)22-14(8)13(9(2)23)17(22)25;1-9(19)6-12-4-5-20(7-12)8-13-10(2)15-14(11(3)22)17(23)21(15)16(13)18(24)25;2*1-8-4-5-17(6-8)7-11-9(2)13-12(10(3)19)15(20)18(13)14(11)16(21)22;/h9-10,12,15-16,25H,4-8H2,1-3H3,(H2,20,21)(H,22,26)(H,28,29);8-9,11,13-14,23H,4-7H2,1-3H3,(H,26,27)(H2,19,20,24);10-12,14-15,22H,1,4-8,19H2,2-3H3,(H,24,25);2*8-10,12-13,19H,4-7H2,1-3H3,(H,21,22);1H4/t9-,10+,12?,15?,16?;8-,9+,11-,13?,14?;10-,11+,12-,14?,15?;8-,9+,10-,12?,13?;8-,9-,10+,12?,13?;/m00010./s1. The van der Waals surface area contributed by atoms with Gasteiger partial charge in [0.2, 0.25) is 41.4 Å². The first-order chi connectivity index (χ1) is 58.6. The van der Waals surface area contributed by atoms with Crippen LogP contribution in [0.25, 0.3) is 0 Å². The van der Waals surface area contributed by atoms with Crippen molar-refractivity contribution in [1.82, 2.24) is 59.6 Å². The largest absolute Gasteiger partial charge is 0.477 e. The third-order valence-corrected chi connectivity index (χ3v) is 28.6. The van der Waals surface area contributed by atoms with Crippen molar-refractivity contribution in [3.05, 3.63) is 68.6 Å². The van der Waals surface area contributed by atoms with Gasteiger partial charge in [-0.2, -0.15) is 0 Å². The number of nitrogens with one attached hydrogen (secondary N) is 3. The smallest absolute Gasteiger partial charge is 0.352 e. The molecule has 0 radical (unpaired) electrons. The summed E-state index contributed by atoms with van der Waals surface area (Å²) in [5.41, 5.74) is 16.2. The van der Waals surface area contributed by atoms with Crippen LogP contribution < -0.4 is 22.1 Å². The van der Waals surface area contributed by atoms with Crippen molar-refractivity contribution < 1.29 is 109 Å². The second-order valence-corrected chi connectivity index (χ2v) is 37.8. The fourth-order valence-electron chi connectivity index (χ4n) is 22.4. The molecule has 10 saturated heterocycles. The van der Waals surface area contributed by atoms with Gasteiger partial charge in [-0.1, -0.05) is 62.5 Å². The van der Waals surface area contributed by atoms with E-state index in [4.69, 9.17) is 16.9 Å². The molecule has 25 atom stereocenters. The number of likely N-dealkylation sites (tertiary alicyclic amines) is 5. The maximum absolute atomic E-state index is 12.4. The van der Waals surface area contributed by atoms with E-state index in [1.807, 2.05) is 39.5 Å². The Bertz CT molecular complexity index is 4410. The number of hydrogen-bond acceptors (Lipinski definition) is 25. The molecule has 0 aromatic heterocycles. The number of carbonyl (C=O) groups excluding carboxylic acids is 7. The van der Waals surface area contributed by atoms with Crippen molar-refractivity contribution >= 4 is 82.9 Å². The number of amidine groups is 2. The summed E-state index contributed by atoms with van der Waals surface area (Å²) in [5.74, 6) is -8.27. The molecule has 38 heteroatoms. The minimum Gasteiger partial charge on any atom is -0.477 e. The molecule has 698 valence electrons. The molecule has 7 amide bonds. The number of aliphatic imine (C=N–C) groups is 1. The zero-order chi connectivity index (χ0) is 92.3. The van der Waals surface area contributed by atoms with E-state index in [9.17, 15) is 109 Å². The molecule has 11 unspecified atom stereocenters. The molecule has 15 aliphatic rings. The SMILES string of the molecule is C.C=C(N)C[C@@H]1CCN(CC2=C(C(=O)O)N3C(=O)C([C@@H](C)O)C3[C@H]2C)C1.CC(=N)NC(=O)[C@H]1CCN(CC2=C(C(=O)O)N3C(=O)C([C@@H](C)O)C3[C@H]2C)C1.CC(N)=NCC(=O)NC1CCN(CC2=C(C(=O)O)N3C(=O)C([C@@H](C)O)C3[C@H]2C)C1.C[C@@H]1CCN(CC2=C(C(=O)O)N3C(=O)C([C@@H](C)O)C3[C@H]2C)C1.C[C@H]1CCN(CC2=C(C(=O)O)N3C(=O)C([C@@H](C)O)C3[C@H]2C)C1. The van der Waals surface area contributed by atoms with Gasteiger partial charge in [-0.25, -0.2) is 24.0 Å². The average Bonchev–Trinajstić information content (AvgIpc) is 1.58. The van der Waals surface area contributed by atoms with Gasteiger partial charge >= 0.3 is 29.8 Å². The van der Waals surface area contributed by atoms with Crippen molar-refractivity contribution in [3.63, 3.8) is 0 Å².